The number of Topliss-reactive ketones (excluding diaryl/α,β-unsaturated/α-hetero) is 1. The number of benzene rings is 1. The van der Waals surface area contributed by atoms with Crippen LogP contribution in [0.15, 0.2) is 18.2 Å². The van der Waals surface area contributed by atoms with E-state index in [0.717, 1.165) is 6.42 Å². The highest BCUT2D eigenvalue weighted by molar-refractivity contribution is 5.98. The summed E-state index contributed by atoms with van der Waals surface area (Å²) in [5, 5.41) is 0. The van der Waals surface area contributed by atoms with Gasteiger partial charge in [-0.15, -0.1) is 0 Å². The maximum atomic E-state index is 14.1. The van der Waals surface area contributed by atoms with Gasteiger partial charge < -0.3 is 14.2 Å². The monoisotopic (exact) mass is 294 g/mol. The van der Waals surface area contributed by atoms with Gasteiger partial charge in [0.15, 0.2) is 5.78 Å². The quantitative estimate of drug-likeness (QED) is 0.804. The Balaban J connectivity index is 1.78. The predicted octanol–water partition coefficient (Wildman–Crippen LogP) is 2.60. The smallest absolute Gasteiger partial charge is 0.169 e. The number of hydrogen-bond acceptors (Lipinski definition) is 4. The van der Waals surface area contributed by atoms with Crippen molar-refractivity contribution in [2.45, 2.75) is 24.9 Å². The van der Waals surface area contributed by atoms with Gasteiger partial charge in [0, 0.05) is 31.6 Å². The van der Waals surface area contributed by atoms with Gasteiger partial charge in [-0.3, -0.25) is 4.79 Å². The topological polar surface area (TPSA) is 44.8 Å². The summed E-state index contributed by atoms with van der Waals surface area (Å²) in [6, 6.07) is 4.37. The third kappa shape index (κ3) is 2.80. The van der Waals surface area contributed by atoms with Crippen molar-refractivity contribution in [2.75, 3.05) is 26.9 Å². The highest BCUT2D eigenvalue weighted by Crippen LogP contribution is 2.37. The third-order valence-corrected chi connectivity index (χ3v) is 4.37. The number of halogens is 1. The van der Waals surface area contributed by atoms with E-state index in [-0.39, 0.29) is 22.9 Å². The first kappa shape index (κ1) is 14.5. The number of rotatable bonds is 3. The first-order chi connectivity index (χ1) is 10.1. The normalized spacial score (nSPS) is 28.8. The van der Waals surface area contributed by atoms with Gasteiger partial charge in [0.2, 0.25) is 0 Å². The minimum atomic E-state index is -0.525. The number of carbonyl (C=O) groups excluding carboxylic acids is 1. The predicted molar refractivity (Wildman–Crippen MR) is 74.1 cm³/mol. The fourth-order valence-corrected chi connectivity index (χ4v) is 3.16. The van der Waals surface area contributed by atoms with E-state index in [2.05, 4.69) is 0 Å². The lowest BCUT2D eigenvalue weighted by atomic mass is 9.81. The van der Waals surface area contributed by atoms with E-state index in [1.807, 2.05) is 0 Å². The number of ketones is 1. The summed E-state index contributed by atoms with van der Waals surface area (Å²) in [6.45, 7) is 1.72. The van der Waals surface area contributed by atoms with Gasteiger partial charge in [0.05, 0.1) is 24.9 Å². The lowest BCUT2D eigenvalue weighted by molar-refractivity contribution is -0.0921. The van der Waals surface area contributed by atoms with E-state index in [1.54, 1.807) is 6.07 Å². The minimum Gasteiger partial charge on any atom is -0.497 e. The first-order valence-corrected chi connectivity index (χ1v) is 7.23. The highest BCUT2D eigenvalue weighted by Gasteiger charge is 2.43. The van der Waals surface area contributed by atoms with Crippen molar-refractivity contribution in [1.29, 1.82) is 0 Å². The molecule has 2 fully saturated rings. The Kier molecular flexibility index (Phi) is 3.95. The van der Waals surface area contributed by atoms with Crippen LogP contribution in [0.3, 0.4) is 0 Å². The maximum absolute atomic E-state index is 14.1. The molecule has 2 atom stereocenters. The zero-order chi connectivity index (χ0) is 14.9. The van der Waals surface area contributed by atoms with E-state index in [9.17, 15) is 9.18 Å². The third-order valence-electron chi connectivity index (χ3n) is 4.37. The molecule has 3 rings (SSSR count). The molecule has 2 aliphatic rings. The Morgan fingerprint density at radius 2 is 2.29 bits per heavy atom. The molecule has 0 aromatic heterocycles. The molecule has 0 amide bonds. The molecular weight excluding hydrogens is 275 g/mol. The van der Waals surface area contributed by atoms with E-state index in [1.165, 1.54) is 19.2 Å². The van der Waals surface area contributed by atoms with Crippen LogP contribution < -0.4 is 4.74 Å². The van der Waals surface area contributed by atoms with Crippen LogP contribution in [0.1, 0.15) is 29.6 Å². The van der Waals surface area contributed by atoms with Crippen molar-refractivity contribution >= 4 is 5.78 Å². The molecular formula is C16H19FO4. The molecule has 0 N–H and O–H groups in total. The van der Waals surface area contributed by atoms with Gasteiger partial charge in [-0.2, -0.15) is 0 Å². The highest BCUT2D eigenvalue weighted by atomic mass is 19.1. The fourth-order valence-electron chi connectivity index (χ4n) is 3.16. The van der Waals surface area contributed by atoms with Crippen LogP contribution >= 0.6 is 0 Å². The van der Waals surface area contributed by atoms with Crippen molar-refractivity contribution < 1.29 is 23.4 Å². The molecule has 5 heteroatoms. The van der Waals surface area contributed by atoms with E-state index in [0.29, 0.717) is 38.4 Å². The Labute approximate surface area is 123 Å². The Morgan fingerprint density at radius 1 is 1.43 bits per heavy atom. The lowest BCUT2D eigenvalue weighted by Gasteiger charge is -2.36. The van der Waals surface area contributed by atoms with Gasteiger partial charge in [0.25, 0.3) is 0 Å². The van der Waals surface area contributed by atoms with Crippen molar-refractivity contribution in [1.82, 2.24) is 0 Å². The summed E-state index contributed by atoms with van der Waals surface area (Å²) in [4.78, 5) is 12.6. The van der Waals surface area contributed by atoms with Gasteiger partial charge in [-0.1, -0.05) is 0 Å². The van der Waals surface area contributed by atoms with Crippen LogP contribution in [-0.4, -0.2) is 38.3 Å². The summed E-state index contributed by atoms with van der Waals surface area (Å²) < 4.78 is 30.2. The van der Waals surface area contributed by atoms with Gasteiger partial charge >= 0.3 is 0 Å². The van der Waals surface area contributed by atoms with Crippen molar-refractivity contribution in [3.8, 4) is 5.75 Å². The molecule has 1 spiro atoms. The van der Waals surface area contributed by atoms with E-state index in [4.69, 9.17) is 14.2 Å². The summed E-state index contributed by atoms with van der Waals surface area (Å²) >= 11 is 0. The number of methoxy groups -OCH3 is 1. The van der Waals surface area contributed by atoms with Gasteiger partial charge in [-0.05, 0) is 25.0 Å². The number of hydrogen-bond donors (Lipinski definition) is 0. The van der Waals surface area contributed by atoms with Crippen molar-refractivity contribution in [3.63, 3.8) is 0 Å². The molecule has 0 bridgehead atoms. The van der Waals surface area contributed by atoms with Crippen molar-refractivity contribution in [3.05, 3.63) is 29.6 Å². The molecule has 1 aromatic carbocycles. The fraction of sp³-hybridized carbons (Fsp3) is 0.562. The zero-order valence-corrected chi connectivity index (χ0v) is 12.1. The first-order valence-electron chi connectivity index (χ1n) is 7.23. The average molecular weight is 294 g/mol. The Hall–Kier alpha value is -1.46. The maximum Gasteiger partial charge on any atom is 0.169 e. The summed E-state index contributed by atoms with van der Waals surface area (Å²) in [5.74, 6) is -0.465. The molecule has 0 saturated carbocycles. The second-order valence-corrected chi connectivity index (χ2v) is 5.73. The SMILES string of the molecule is COc1ccc(C(=O)C2CCOC3(CCOC3)C2)c(F)c1. The second kappa shape index (κ2) is 5.73. The number of carbonyl (C=O) groups is 1. The Bertz CT molecular complexity index is 537. The molecule has 2 unspecified atom stereocenters. The molecule has 0 radical (unpaired) electrons. The molecule has 2 saturated heterocycles. The van der Waals surface area contributed by atoms with Crippen LogP contribution in [0.25, 0.3) is 0 Å². The van der Waals surface area contributed by atoms with Crippen LogP contribution in [0, 0.1) is 11.7 Å². The zero-order valence-electron chi connectivity index (χ0n) is 12.1. The summed E-state index contributed by atoms with van der Waals surface area (Å²) in [6.07, 6.45) is 2.05. The Morgan fingerprint density at radius 3 is 2.95 bits per heavy atom. The largest absolute Gasteiger partial charge is 0.497 e. The molecule has 4 nitrogen and oxygen atoms in total. The van der Waals surface area contributed by atoms with Crippen LogP contribution in [0.5, 0.6) is 5.75 Å². The van der Waals surface area contributed by atoms with Gasteiger partial charge in [0.1, 0.15) is 11.6 Å². The molecule has 21 heavy (non-hydrogen) atoms. The molecule has 2 heterocycles. The van der Waals surface area contributed by atoms with Crippen molar-refractivity contribution in [2.24, 2.45) is 5.92 Å². The van der Waals surface area contributed by atoms with Crippen LogP contribution in [0.4, 0.5) is 4.39 Å². The van der Waals surface area contributed by atoms with Crippen LogP contribution in [-0.2, 0) is 9.47 Å². The molecule has 114 valence electrons. The lowest BCUT2D eigenvalue weighted by Crippen LogP contribution is -2.42. The molecule has 1 aromatic rings. The van der Waals surface area contributed by atoms with E-state index < -0.39 is 5.82 Å². The molecule has 2 aliphatic heterocycles. The summed E-state index contributed by atoms with van der Waals surface area (Å²) in [5.41, 5.74) is -0.210. The van der Waals surface area contributed by atoms with E-state index >= 15 is 0 Å². The van der Waals surface area contributed by atoms with Crippen LogP contribution in [0.2, 0.25) is 0 Å². The summed E-state index contributed by atoms with van der Waals surface area (Å²) in [7, 11) is 1.47. The average Bonchev–Trinajstić information content (AvgIpc) is 2.94. The minimum absolute atomic E-state index is 0.136. The number of ether oxygens (including phenoxy) is 3. The second-order valence-electron chi connectivity index (χ2n) is 5.73. The standard InChI is InChI=1S/C16H19FO4/c1-19-12-2-3-13(14(17)8-12)15(18)11-4-6-21-16(9-11)5-7-20-10-16/h2-3,8,11H,4-7,9-10H2,1H3. The molecule has 0 aliphatic carbocycles. The van der Waals surface area contributed by atoms with Gasteiger partial charge in [-0.25, -0.2) is 4.39 Å².